The van der Waals surface area contributed by atoms with Crippen LogP contribution in [0.5, 0.6) is 0 Å². The molecule has 0 unspecified atom stereocenters. The van der Waals surface area contributed by atoms with E-state index >= 15 is 0 Å². The highest BCUT2D eigenvalue weighted by Gasteiger charge is 2.14. The minimum Gasteiger partial charge on any atom is -0.756 e. The van der Waals surface area contributed by atoms with Crippen LogP contribution < -0.4 is 9.46 Å². The summed E-state index contributed by atoms with van der Waals surface area (Å²) in [4.78, 5) is 10.4. The summed E-state index contributed by atoms with van der Waals surface area (Å²) in [5.74, 6) is 0. The Morgan fingerprint density at radius 3 is 2.00 bits per heavy atom. The van der Waals surface area contributed by atoms with E-state index in [9.17, 15) is 9.46 Å². The number of hydrogen-bond acceptors (Lipinski definition) is 4. The predicted molar refractivity (Wildman–Crippen MR) is 105 cm³/mol. The smallest absolute Gasteiger partial charge is 0.267 e. The number of phosphoric ester groups is 1. The Morgan fingerprint density at radius 2 is 1.54 bits per heavy atom. The molecule has 0 amide bonds. The third-order valence-electron chi connectivity index (χ3n) is 4.20. The molecule has 0 aliphatic rings. The molecule has 0 aliphatic carbocycles. The van der Waals surface area contributed by atoms with Gasteiger partial charge in [-0.1, -0.05) is 26.7 Å². The van der Waals surface area contributed by atoms with Crippen molar-refractivity contribution in [1.29, 1.82) is 0 Å². The second-order valence-corrected chi connectivity index (χ2v) is 7.60. The van der Waals surface area contributed by atoms with Crippen molar-refractivity contribution in [3.63, 3.8) is 0 Å². The van der Waals surface area contributed by atoms with Crippen LogP contribution >= 0.6 is 7.82 Å². The molecule has 6 heteroatoms. The zero-order chi connectivity index (χ0) is 20.0. The monoisotopic (exact) mass is 387 g/mol. The van der Waals surface area contributed by atoms with Crippen LogP contribution in [-0.2, 0) is 33.0 Å². The Balaban J connectivity index is 0.000000590. The van der Waals surface area contributed by atoms with E-state index in [1.54, 1.807) is 25.1 Å². The van der Waals surface area contributed by atoms with Gasteiger partial charge < -0.3 is 13.9 Å². The first-order valence-corrected chi connectivity index (χ1v) is 11.4. The van der Waals surface area contributed by atoms with E-state index in [1.807, 2.05) is 0 Å². The summed E-state index contributed by atoms with van der Waals surface area (Å²) in [6.07, 6.45) is 9.93. The maximum absolute atomic E-state index is 10.4. The van der Waals surface area contributed by atoms with Crippen molar-refractivity contribution in [2.45, 2.75) is 86.6 Å². The molecule has 152 valence electrons. The van der Waals surface area contributed by atoms with Crippen molar-refractivity contribution < 1.29 is 23.1 Å². The van der Waals surface area contributed by atoms with E-state index in [-0.39, 0.29) is 13.2 Å². The molecule has 0 fully saturated rings. The van der Waals surface area contributed by atoms with Gasteiger partial charge >= 0.3 is 0 Å². The molecule has 0 bridgehead atoms. The second-order valence-electron chi connectivity index (χ2n) is 6.19. The van der Waals surface area contributed by atoms with E-state index in [4.69, 9.17) is 0 Å². The summed E-state index contributed by atoms with van der Waals surface area (Å²) < 4.78 is 21.3. The lowest BCUT2D eigenvalue weighted by Gasteiger charge is -2.20. The first-order valence-electron chi connectivity index (χ1n) is 9.97. The average Bonchev–Trinajstić information content (AvgIpc) is 2.60. The van der Waals surface area contributed by atoms with Crippen LogP contribution in [-0.4, -0.2) is 13.2 Å². The number of nitrogens with zero attached hydrogens (tertiary/aromatic N) is 1. The lowest BCUT2D eigenvalue weighted by atomic mass is 9.99. The van der Waals surface area contributed by atoms with Crippen molar-refractivity contribution in [2.24, 2.45) is 0 Å². The highest BCUT2D eigenvalue weighted by molar-refractivity contribution is 7.45. The molecule has 5 nitrogen and oxygen atoms in total. The molecular weight excluding hydrogens is 349 g/mol. The normalized spacial score (nSPS) is 11.2. The third-order valence-corrected chi connectivity index (χ3v) is 5.35. The fourth-order valence-corrected chi connectivity index (χ4v) is 3.47. The van der Waals surface area contributed by atoms with Gasteiger partial charge in [0.2, 0.25) is 0 Å². The number of aryl methyl sites for hydroxylation is 2. The molecule has 0 aromatic carbocycles. The number of pyridine rings is 1. The van der Waals surface area contributed by atoms with Crippen molar-refractivity contribution in [3.05, 3.63) is 29.1 Å². The number of hydrogen-bond donors (Lipinski definition) is 0. The molecule has 0 atom stereocenters. The fraction of sp³-hybridized carbons (Fsp3) is 0.750. The van der Waals surface area contributed by atoms with Gasteiger partial charge in [0.1, 0.15) is 6.54 Å². The summed E-state index contributed by atoms with van der Waals surface area (Å²) in [6, 6.07) is 2.32. The predicted octanol–water partition coefficient (Wildman–Crippen LogP) is 4.52. The molecule has 1 aromatic rings. The largest absolute Gasteiger partial charge is 0.756 e. The van der Waals surface area contributed by atoms with Gasteiger partial charge in [-0.3, -0.25) is 4.57 Å². The highest BCUT2D eigenvalue weighted by atomic mass is 31.2. The van der Waals surface area contributed by atoms with Crippen LogP contribution in [0, 0.1) is 6.92 Å². The van der Waals surface area contributed by atoms with Gasteiger partial charge in [0.15, 0.2) is 11.9 Å². The summed E-state index contributed by atoms with van der Waals surface area (Å²) >= 11 is 0. The van der Waals surface area contributed by atoms with Crippen LogP contribution in [0.4, 0.5) is 0 Å². The molecule has 1 aromatic heterocycles. The van der Waals surface area contributed by atoms with E-state index in [1.165, 1.54) is 44.1 Å². The molecule has 1 heterocycles. The summed E-state index contributed by atoms with van der Waals surface area (Å²) in [5.41, 5.74) is 4.65. The molecule has 0 radical (unpaired) electrons. The van der Waals surface area contributed by atoms with Crippen molar-refractivity contribution >= 4 is 7.82 Å². The zero-order valence-electron chi connectivity index (χ0n) is 17.5. The number of aromatic nitrogens is 1. The van der Waals surface area contributed by atoms with Crippen LogP contribution in [0.25, 0.3) is 0 Å². The zero-order valence-corrected chi connectivity index (χ0v) is 18.4. The first-order chi connectivity index (χ1) is 12.4. The first kappa shape index (κ1) is 25.3. The Labute approximate surface area is 160 Å². The Hall–Kier alpha value is -0.740. The van der Waals surface area contributed by atoms with Crippen molar-refractivity contribution in [1.82, 2.24) is 0 Å². The minimum absolute atomic E-state index is 0.126. The molecule has 0 saturated carbocycles. The Kier molecular flexibility index (Phi) is 13.9. The Bertz CT molecular complexity index is 539. The minimum atomic E-state index is -3.94. The standard InChI is InChI=1S/C16H28N.C4H11O4P/c1-5-8-10-15-12-13-17(7-3)16(14(15)4)11-9-6-2;1-3-7-9(5,6)8-4-2/h12-13H,5-11H2,1-4H3;3-4H2,1-2H3,(H,5,6)/q+1;/p-1. The van der Waals surface area contributed by atoms with E-state index in [0.717, 1.165) is 6.54 Å². The molecular formula is C20H38NO4P. The lowest BCUT2D eigenvalue weighted by Crippen LogP contribution is -2.38. The van der Waals surface area contributed by atoms with Gasteiger partial charge in [0.25, 0.3) is 7.82 Å². The van der Waals surface area contributed by atoms with Crippen molar-refractivity contribution in [3.8, 4) is 0 Å². The van der Waals surface area contributed by atoms with Crippen LogP contribution in [0.1, 0.15) is 77.1 Å². The van der Waals surface area contributed by atoms with E-state index < -0.39 is 7.82 Å². The Morgan fingerprint density at radius 1 is 1.00 bits per heavy atom. The quantitative estimate of drug-likeness (QED) is 0.414. The average molecular weight is 388 g/mol. The maximum Gasteiger partial charge on any atom is 0.267 e. The van der Waals surface area contributed by atoms with Gasteiger partial charge in [0, 0.05) is 18.1 Å². The van der Waals surface area contributed by atoms with Gasteiger partial charge in [-0.15, -0.1) is 0 Å². The van der Waals surface area contributed by atoms with Gasteiger partial charge in [0.05, 0.1) is 13.2 Å². The van der Waals surface area contributed by atoms with Gasteiger partial charge in [-0.2, -0.15) is 0 Å². The molecule has 1 rings (SSSR count). The van der Waals surface area contributed by atoms with Gasteiger partial charge in [-0.05, 0) is 52.5 Å². The number of phosphoric acid groups is 1. The van der Waals surface area contributed by atoms with Crippen molar-refractivity contribution in [2.75, 3.05) is 13.2 Å². The van der Waals surface area contributed by atoms with E-state index in [0.29, 0.717) is 0 Å². The van der Waals surface area contributed by atoms with Gasteiger partial charge in [-0.25, -0.2) is 4.57 Å². The topological polar surface area (TPSA) is 62.5 Å². The molecule has 0 aliphatic heterocycles. The number of unbranched alkanes of at least 4 members (excludes halogenated alkanes) is 2. The fourth-order valence-electron chi connectivity index (χ4n) is 2.76. The third kappa shape index (κ3) is 9.82. The lowest BCUT2D eigenvalue weighted by molar-refractivity contribution is -0.701. The molecule has 0 saturated heterocycles. The van der Waals surface area contributed by atoms with Crippen LogP contribution in [0.3, 0.4) is 0 Å². The molecule has 0 spiro atoms. The summed E-state index contributed by atoms with van der Waals surface area (Å²) in [6.45, 7) is 13.6. The summed E-state index contributed by atoms with van der Waals surface area (Å²) in [5, 5.41) is 0. The highest BCUT2D eigenvalue weighted by Crippen LogP contribution is 2.37. The SMILES string of the molecule is CCCCc1cc[n+](CC)c(CCCC)c1C.CCOP(=O)([O-])OCC. The molecule has 26 heavy (non-hydrogen) atoms. The summed E-state index contributed by atoms with van der Waals surface area (Å²) in [7, 11) is -3.94. The van der Waals surface area contributed by atoms with Crippen LogP contribution in [0.15, 0.2) is 12.3 Å². The molecule has 0 N–H and O–H groups in total. The van der Waals surface area contributed by atoms with E-state index in [2.05, 4.69) is 53.6 Å². The van der Waals surface area contributed by atoms with Crippen LogP contribution in [0.2, 0.25) is 0 Å². The maximum atomic E-state index is 10.4. The number of rotatable bonds is 11. The second kappa shape index (κ2) is 14.3.